The third-order valence-electron chi connectivity index (χ3n) is 14.9. The molecule has 3 amide bonds. The maximum atomic E-state index is 15.0. The minimum absolute atomic E-state index is 0.145. The number of nitrogens with zero attached hydrogens (tertiary/aromatic N) is 3. The Bertz CT molecular complexity index is 1410. The number of carbonyl (C=O) groups excluding carboxylic acids is 2. The molecule has 3 rings (SSSR count). The average molecular weight is 911 g/mol. The van der Waals surface area contributed by atoms with Crippen molar-refractivity contribution in [2.24, 2.45) is 5.92 Å². The Hall–Kier alpha value is -2.14. The number of amides is 3. The molecule has 7 nitrogen and oxygen atoms in total. The molecule has 2 fully saturated rings. The van der Waals surface area contributed by atoms with Crippen molar-refractivity contribution in [3.8, 4) is 6.07 Å². The standard InChI is InChI=1S/C56H96ClN3O4/c1-49-52(44-43-50(46-58)53(49)57)60-54(61)56(59(2)55(60)62)45-41-39-37-35-33-31-29-27-25-23-21-19-17-15-13-11-9-7-5-4-6-8-10-12-14-16-18-20-22-24-26-28-30-32-34-36-38-40-42-51(56)47-64-48-63-3/h43-44,51H,4-42,45,47-48H2,1-3H3. The van der Waals surface area contributed by atoms with Gasteiger partial charge in [-0.3, -0.25) is 4.79 Å². The van der Waals surface area contributed by atoms with E-state index in [9.17, 15) is 10.1 Å². The molecule has 2 aliphatic rings. The van der Waals surface area contributed by atoms with Crippen molar-refractivity contribution in [3.05, 3.63) is 28.3 Å². The monoisotopic (exact) mass is 910 g/mol. The van der Waals surface area contributed by atoms with Crippen LogP contribution in [0, 0.1) is 24.2 Å². The maximum Gasteiger partial charge on any atom is 0.332 e. The zero-order valence-electron chi connectivity index (χ0n) is 41.8. The van der Waals surface area contributed by atoms with E-state index >= 15 is 4.79 Å². The Labute approximate surface area is 398 Å². The summed E-state index contributed by atoms with van der Waals surface area (Å²) in [5.41, 5.74) is 0.319. The molecule has 1 saturated heterocycles. The molecule has 1 aliphatic heterocycles. The number of rotatable bonds is 5. The highest BCUT2D eigenvalue weighted by molar-refractivity contribution is 6.33. The van der Waals surface area contributed by atoms with Gasteiger partial charge in [-0.05, 0) is 37.5 Å². The van der Waals surface area contributed by atoms with Crippen LogP contribution in [0.25, 0.3) is 0 Å². The van der Waals surface area contributed by atoms with Gasteiger partial charge in [0.25, 0.3) is 5.91 Å². The lowest BCUT2D eigenvalue weighted by atomic mass is 9.76. The predicted molar refractivity (Wildman–Crippen MR) is 270 cm³/mol. The molecule has 366 valence electrons. The summed E-state index contributed by atoms with van der Waals surface area (Å²) in [6, 6.07) is 5.10. The number of carbonyl (C=O) groups is 2. The van der Waals surface area contributed by atoms with E-state index in [1.165, 1.54) is 217 Å². The Morgan fingerprint density at radius 3 is 1.28 bits per heavy atom. The lowest BCUT2D eigenvalue weighted by Crippen LogP contribution is -2.55. The van der Waals surface area contributed by atoms with Crippen LogP contribution in [0.4, 0.5) is 10.5 Å². The van der Waals surface area contributed by atoms with Crippen LogP contribution in [-0.4, -0.2) is 49.9 Å². The van der Waals surface area contributed by atoms with E-state index in [1.54, 1.807) is 38.1 Å². The molecule has 1 spiro atoms. The van der Waals surface area contributed by atoms with Crippen molar-refractivity contribution in [3.63, 3.8) is 0 Å². The van der Waals surface area contributed by atoms with Gasteiger partial charge >= 0.3 is 6.03 Å². The van der Waals surface area contributed by atoms with Crippen molar-refractivity contribution in [2.75, 3.05) is 32.5 Å². The van der Waals surface area contributed by atoms with E-state index < -0.39 is 5.54 Å². The van der Waals surface area contributed by atoms with Crippen molar-refractivity contribution < 1.29 is 19.1 Å². The highest BCUT2D eigenvalue weighted by atomic mass is 35.5. The molecular weight excluding hydrogens is 814 g/mol. The molecule has 8 heteroatoms. The summed E-state index contributed by atoms with van der Waals surface area (Å²) < 4.78 is 11.4. The topological polar surface area (TPSA) is 82.9 Å². The summed E-state index contributed by atoms with van der Waals surface area (Å²) in [6.45, 7) is 2.28. The fraction of sp³-hybridized carbons (Fsp3) is 0.839. The molecule has 1 aromatic carbocycles. The minimum Gasteiger partial charge on any atom is -0.359 e. The molecule has 64 heavy (non-hydrogen) atoms. The average Bonchev–Trinajstić information content (AvgIpc) is 3.48. The molecule has 1 aromatic rings. The van der Waals surface area contributed by atoms with Crippen molar-refractivity contribution >= 4 is 29.2 Å². The normalized spacial score (nSPS) is 24.4. The Morgan fingerprint density at radius 2 is 0.938 bits per heavy atom. The number of methoxy groups -OCH3 is 1. The first-order valence-electron chi connectivity index (χ1n) is 27.3. The fourth-order valence-corrected chi connectivity index (χ4v) is 11.0. The zero-order chi connectivity index (χ0) is 45.9. The van der Waals surface area contributed by atoms with E-state index in [4.69, 9.17) is 21.1 Å². The van der Waals surface area contributed by atoms with E-state index in [2.05, 4.69) is 6.07 Å². The first kappa shape index (κ1) is 56.2. The predicted octanol–water partition coefficient (Wildman–Crippen LogP) is 17.5. The van der Waals surface area contributed by atoms with Gasteiger partial charge in [-0.25, -0.2) is 9.69 Å². The summed E-state index contributed by atoms with van der Waals surface area (Å²) in [7, 11) is 3.42. The van der Waals surface area contributed by atoms with Crippen LogP contribution in [-0.2, 0) is 14.3 Å². The van der Waals surface area contributed by atoms with Gasteiger partial charge in [0.1, 0.15) is 18.4 Å². The van der Waals surface area contributed by atoms with Gasteiger partial charge in [-0.15, -0.1) is 0 Å². The van der Waals surface area contributed by atoms with Gasteiger partial charge in [0.15, 0.2) is 0 Å². The first-order chi connectivity index (χ1) is 31.4. The zero-order valence-corrected chi connectivity index (χ0v) is 42.5. The largest absolute Gasteiger partial charge is 0.359 e. The fourth-order valence-electron chi connectivity index (χ4n) is 10.8. The number of hydrogen-bond donors (Lipinski definition) is 0. The summed E-state index contributed by atoms with van der Waals surface area (Å²) in [6.07, 6.45) is 52.2. The van der Waals surface area contributed by atoms with Gasteiger partial charge in [0.2, 0.25) is 0 Å². The number of halogens is 1. The molecule has 0 N–H and O–H groups in total. The number of urea groups is 1. The second kappa shape index (κ2) is 36.0. The number of likely N-dealkylation sites (N-methyl/N-ethyl adjacent to an activating group) is 1. The van der Waals surface area contributed by atoms with Crippen molar-refractivity contribution in [1.82, 2.24) is 4.90 Å². The first-order valence-corrected chi connectivity index (χ1v) is 27.7. The lowest BCUT2D eigenvalue weighted by Gasteiger charge is -2.40. The Balaban J connectivity index is 1.57. The quantitative estimate of drug-likeness (QED) is 0.167. The molecule has 1 saturated carbocycles. The molecule has 0 aromatic heterocycles. The number of nitriles is 1. The van der Waals surface area contributed by atoms with Gasteiger partial charge in [0, 0.05) is 20.1 Å². The van der Waals surface area contributed by atoms with E-state index in [1.807, 2.05) is 0 Å². The molecular formula is C56H96ClN3O4. The molecule has 0 radical (unpaired) electrons. The summed E-state index contributed by atoms with van der Waals surface area (Å²) >= 11 is 6.62. The van der Waals surface area contributed by atoms with Crippen LogP contribution in [0.2, 0.25) is 5.02 Å². The lowest BCUT2D eigenvalue weighted by molar-refractivity contribution is -0.132. The number of imide groups is 1. The van der Waals surface area contributed by atoms with Crippen LogP contribution < -0.4 is 4.90 Å². The number of anilines is 1. The van der Waals surface area contributed by atoms with Gasteiger partial charge < -0.3 is 14.4 Å². The SMILES string of the molecule is COCOCC1CCCCCCCCCCCCCCCCCCCCCCCCCCCCCCCCCCCCCCCCC12C(=O)N(c1ccc(C#N)c(Cl)c1C)C(=O)N2C. The third-order valence-corrected chi connectivity index (χ3v) is 15.4. The highest BCUT2D eigenvalue weighted by Gasteiger charge is 2.59. The molecule has 0 bridgehead atoms. The third kappa shape index (κ3) is 20.8. The van der Waals surface area contributed by atoms with Gasteiger partial charge in [-0.1, -0.05) is 256 Å². The van der Waals surface area contributed by atoms with Crippen LogP contribution in [0.3, 0.4) is 0 Å². The maximum absolute atomic E-state index is 15.0. The molecule has 1 heterocycles. The van der Waals surface area contributed by atoms with Crippen molar-refractivity contribution in [1.29, 1.82) is 5.26 Å². The van der Waals surface area contributed by atoms with E-state index in [0.29, 0.717) is 29.8 Å². The van der Waals surface area contributed by atoms with E-state index in [-0.39, 0.29) is 29.7 Å². The number of benzene rings is 1. The summed E-state index contributed by atoms with van der Waals surface area (Å²) in [5, 5.41) is 9.90. The molecule has 2 unspecified atom stereocenters. The van der Waals surface area contributed by atoms with Gasteiger partial charge in [-0.2, -0.15) is 5.26 Å². The van der Waals surface area contributed by atoms with Gasteiger partial charge in [0.05, 0.1) is 22.9 Å². The second-order valence-electron chi connectivity index (χ2n) is 20.0. The highest BCUT2D eigenvalue weighted by Crippen LogP contribution is 2.44. The molecule has 2 atom stereocenters. The number of ether oxygens (including phenoxy) is 2. The summed E-state index contributed by atoms with van der Waals surface area (Å²) in [4.78, 5) is 32.3. The Morgan fingerprint density at radius 1 is 0.594 bits per heavy atom. The van der Waals surface area contributed by atoms with Crippen molar-refractivity contribution in [2.45, 2.75) is 269 Å². The summed E-state index contributed by atoms with van der Waals surface area (Å²) in [5.74, 6) is -0.385. The smallest absolute Gasteiger partial charge is 0.332 e. The van der Waals surface area contributed by atoms with Crippen LogP contribution in [0.5, 0.6) is 0 Å². The molecule has 1 aliphatic carbocycles. The van der Waals surface area contributed by atoms with Crippen LogP contribution in [0.1, 0.15) is 268 Å². The number of hydrogen-bond acceptors (Lipinski definition) is 5. The Kier molecular flexibility index (Phi) is 31.6. The van der Waals surface area contributed by atoms with E-state index in [0.717, 1.165) is 38.5 Å². The van der Waals surface area contributed by atoms with Crippen LogP contribution in [0.15, 0.2) is 12.1 Å². The second-order valence-corrected chi connectivity index (χ2v) is 20.4. The minimum atomic E-state index is -1.04. The van der Waals surface area contributed by atoms with Crippen LogP contribution >= 0.6 is 11.6 Å².